The monoisotopic (exact) mass is 217 g/mol. The van der Waals surface area contributed by atoms with Crippen molar-refractivity contribution in [2.75, 3.05) is 0 Å². The van der Waals surface area contributed by atoms with E-state index >= 15 is 0 Å². The van der Waals surface area contributed by atoms with Crippen molar-refractivity contribution in [3.63, 3.8) is 0 Å². The number of pyridine rings is 1. The Labute approximate surface area is 94.7 Å². The number of hydrogen-bond donors (Lipinski definition) is 0. The van der Waals surface area contributed by atoms with Gasteiger partial charge in [0.15, 0.2) is 0 Å². The molecule has 0 N–H and O–H groups in total. The highest BCUT2D eigenvalue weighted by Crippen LogP contribution is 2.21. The normalized spacial score (nSPS) is 10.3. The molecule has 2 rings (SSSR count). The maximum absolute atomic E-state index is 5.92. The molecule has 0 unspecified atom stereocenters. The number of halogens is 1. The summed E-state index contributed by atoms with van der Waals surface area (Å²) in [4.78, 5) is 4.30. The molecule has 0 bridgehead atoms. The molecule has 0 aliphatic heterocycles. The standard InChI is InChI=1S/C13H12ClN/c1-9-3-5-11(6-4-9)12-7-10(2)8-13(14)15-12/h3-8H,1-2H3. The summed E-state index contributed by atoms with van der Waals surface area (Å²) in [5.41, 5.74) is 4.41. The van der Waals surface area contributed by atoms with Crippen LogP contribution in [0.4, 0.5) is 0 Å². The van der Waals surface area contributed by atoms with E-state index in [-0.39, 0.29) is 0 Å². The highest BCUT2D eigenvalue weighted by Gasteiger charge is 2.01. The molecule has 1 nitrogen and oxygen atoms in total. The molecule has 76 valence electrons. The smallest absolute Gasteiger partial charge is 0.130 e. The first kappa shape index (κ1) is 10.2. The summed E-state index contributed by atoms with van der Waals surface area (Å²) in [6.07, 6.45) is 0. The van der Waals surface area contributed by atoms with Crippen LogP contribution in [0, 0.1) is 13.8 Å². The number of benzene rings is 1. The van der Waals surface area contributed by atoms with E-state index in [0.29, 0.717) is 5.15 Å². The van der Waals surface area contributed by atoms with Crippen LogP contribution in [0.1, 0.15) is 11.1 Å². The molecule has 2 heteroatoms. The van der Waals surface area contributed by atoms with Gasteiger partial charge in [-0.1, -0.05) is 41.4 Å². The third kappa shape index (κ3) is 2.37. The van der Waals surface area contributed by atoms with Gasteiger partial charge in [0.05, 0.1) is 5.69 Å². The summed E-state index contributed by atoms with van der Waals surface area (Å²) in [5, 5.41) is 0.547. The predicted octanol–water partition coefficient (Wildman–Crippen LogP) is 4.02. The van der Waals surface area contributed by atoms with Crippen molar-refractivity contribution >= 4 is 11.6 Å². The van der Waals surface area contributed by atoms with Gasteiger partial charge in [-0.05, 0) is 31.5 Å². The van der Waals surface area contributed by atoms with Gasteiger partial charge in [0.2, 0.25) is 0 Å². The Hall–Kier alpha value is -1.34. The van der Waals surface area contributed by atoms with Crippen LogP contribution in [-0.4, -0.2) is 4.98 Å². The number of hydrogen-bond acceptors (Lipinski definition) is 1. The minimum Gasteiger partial charge on any atom is -0.236 e. The van der Waals surface area contributed by atoms with Crippen LogP contribution in [0.5, 0.6) is 0 Å². The van der Waals surface area contributed by atoms with Crippen LogP contribution in [0.15, 0.2) is 36.4 Å². The number of rotatable bonds is 1. The summed E-state index contributed by atoms with van der Waals surface area (Å²) in [5.74, 6) is 0. The topological polar surface area (TPSA) is 12.9 Å². The Balaban J connectivity index is 2.49. The first-order valence-electron chi connectivity index (χ1n) is 4.86. The third-order valence-electron chi connectivity index (χ3n) is 2.29. The van der Waals surface area contributed by atoms with E-state index in [1.54, 1.807) is 0 Å². The lowest BCUT2D eigenvalue weighted by atomic mass is 10.1. The Bertz CT molecular complexity index is 454. The van der Waals surface area contributed by atoms with Gasteiger partial charge in [-0.2, -0.15) is 0 Å². The van der Waals surface area contributed by atoms with Gasteiger partial charge in [-0.25, -0.2) is 4.98 Å². The van der Waals surface area contributed by atoms with Crippen molar-refractivity contribution in [2.24, 2.45) is 0 Å². The van der Waals surface area contributed by atoms with Crippen LogP contribution in [0.2, 0.25) is 5.15 Å². The molecule has 0 saturated heterocycles. The first-order chi connectivity index (χ1) is 7.15. The fourth-order valence-corrected chi connectivity index (χ4v) is 1.76. The maximum Gasteiger partial charge on any atom is 0.130 e. The van der Waals surface area contributed by atoms with Crippen molar-refractivity contribution in [1.82, 2.24) is 4.98 Å². The third-order valence-corrected chi connectivity index (χ3v) is 2.48. The van der Waals surface area contributed by atoms with Gasteiger partial charge >= 0.3 is 0 Å². The second-order valence-electron chi connectivity index (χ2n) is 3.72. The van der Waals surface area contributed by atoms with E-state index in [9.17, 15) is 0 Å². The van der Waals surface area contributed by atoms with Gasteiger partial charge in [-0.3, -0.25) is 0 Å². The molecule has 0 saturated carbocycles. The van der Waals surface area contributed by atoms with Crippen LogP contribution >= 0.6 is 11.6 Å². The molecule has 1 heterocycles. The zero-order valence-electron chi connectivity index (χ0n) is 8.79. The fraction of sp³-hybridized carbons (Fsp3) is 0.154. The molecule has 1 aromatic heterocycles. The average molecular weight is 218 g/mol. The highest BCUT2D eigenvalue weighted by atomic mass is 35.5. The zero-order valence-corrected chi connectivity index (χ0v) is 9.55. The van der Waals surface area contributed by atoms with Gasteiger partial charge in [0.1, 0.15) is 5.15 Å². The summed E-state index contributed by atoms with van der Waals surface area (Å²) in [7, 11) is 0. The minimum absolute atomic E-state index is 0.547. The van der Waals surface area contributed by atoms with Crippen molar-refractivity contribution in [3.05, 3.63) is 52.7 Å². The van der Waals surface area contributed by atoms with Crippen LogP contribution < -0.4 is 0 Å². The van der Waals surface area contributed by atoms with Crippen LogP contribution in [0.3, 0.4) is 0 Å². The molecule has 0 spiro atoms. The Morgan fingerprint density at radius 1 is 0.933 bits per heavy atom. The molecule has 0 aliphatic carbocycles. The first-order valence-corrected chi connectivity index (χ1v) is 5.24. The van der Waals surface area contributed by atoms with Gasteiger partial charge < -0.3 is 0 Å². The molecule has 1 aromatic carbocycles. The highest BCUT2D eigenvalue weighted by molar-refractivity contribution is 6.29. The van der Waals surface area contributed by atoms with Crippen molar-refractivity contribution in [2.45, 2.75) is 13.8 Å². The molecular formula is C13H12ClN. The van der Waals surface area contributed by atoms with E-state index < -0.39 is 0 Å². The summed E-state index contributed by atoms with van der Waals surface area (Å²) < 4.78 is 0. The minimum atomic E-state index is 0.547. The number of aryl methyl sites for hydroxylation is 2. The van der Waals surface area contributed by atoms with E-state index in [4.69, 9.17) is 11.6 Å². The Morgan fingerprint density at radius 2 is 1.60 bits per heavy atom. The molecular weight excluding hydrogens is 206 g/mol. The molecule has 0 fully saturated rings. The molecule has 0 radical (unpaired) electrons. The van der Waals surface area contributed by atoms with Gasteiger partial charge in [0, 0.05) is 5.56 Å². The van der Waals surface area contributed by atoms with Crippen molar-refractivity contribution in [3.8, 4) is 11.3 Å². The lowest BCUT2D eigenvalue weighted by Gasteiger charge is -2.03. The van der Waals surface area contributed by atoms with Crippen molar-refractivity contribution in [1.29, 1.82) is 0 Å². The van der Waals surface area contributed by atoms with Crippen LogP contribution in [0.25, 0.3) is 11.3 Å². The van der Waals surface area contributed by atoms with E-state index in [2.05, 4.69) is 36.2 Å². The largest absolute Gasteiger partial charge is 0.236 e. The molecule has 0 aliphatic rings. The second-order valence-corrected chi connectivity index (χ2v) is 4.11. The quantitative estimate of drug-likeness (QED) is 0.658. The Morgan fingerprint density at radius 3 is 2.20 bits per heavy atom. The number of aromatic nitrogens is 1. The predicted molar refractivity (Wildman–Crippen MR) is 64.2 cm³/mol. The van der Waals surface area contributed by atoms with Crippen LogP contribution in [-0.2, 0) is 0 Å². The Kier molecular flexibility index (Phi) is 2.74. The summed E-state index contributed by atoms with van der Waals surface area (Å²) in [6.45, 7) is 4.09. The van der Waals surface area contributed by atoms with Gasteiger partial charge in [0.25, 0.3) is 0 Å². The van der Waals surface area contributed by atoms with Gasteiger partial charge in [-0.15, -0.1) is 0 Å². The summed E-state index contributed by atoms with van der Waals surface area (Å²) in [6, 6.07) is 12.2. The maximum atomic E-state index is 5.92. The van der Waals surface area contributed by atoms with E-state index in [1.807, 2.05) is 19.1 Å². The SMILES string of the molecule is Cc1ccc(-c2cc(C)cc(Cl)n2)cc1. The molecule has 0 amide bonds. The lowest BCUT2D eigenvalue weighted by Crippen LogP contribution is -1.86. The second kappa shape index (κ2) is 4.03. The lowest BCUT2D eigenvalue weighted by molar-refractivity contribution is 1.28. The van der Waals surface area contributed by atoms with Crippen molar-refractivity contribution < 1.29 is 0 Å². The number of nitrogens with zero attached hydrogens (tertiary/aromatic N) is 1. The summed E-state index contributed by atoms with van der Waals surface area (Å²) >= 11 is 5.92. The molecule has 15 heavy (non-hydrogen) atoms. The average Bonchev–Trinajstić information content (AvgIpc) is 2.17. The van der Waals surface area contributed by atoms with E-state index in [0.717, 1.165) is 16.8 Å². The molecule has 2 aromatic rings. The zero-order chi connectivity index (χ0) is 10.8. The van der Waals surface area contributed by atoms with E-state index in [1.165, 1.54) is 5.56 Å². The molecule has 0 atom stereocenters. The fourth-order valence-electron chi connectivity index (χ4n) is 1.50.